The molecule has 2 N–H and O–H groups in total. The van der Waals surface area contributed by atoms with E-state index in [1.165, 1.54) is 24.0 Å². The molecular formula is C14H19N. The van der Waals surface area contributed by atoms with Crippen molar-refractivity contribution < 1.29 is 0 Å². The van der Waals surface area contributed by atoms with Crippen LogP contribution in [0.2, 0.25) is 0 Å². The van der Waals surface area contributed by atoms with Crippen molar-refractivity contribution in [1.82, 2.24) is 0 Å². The Kier molecular flexibility index (Phi) is 3.22. The molecule has 0 amide bonds. The van der Waals surface area contributed by atoms with Gasteiger partial charge in [-0.3, -0.25) is 0 Å². The van der Waals surface area contributed by atoms with Gasteiger partial charge in [0, 0.05) is 12.0 Å². The SMILES string of the molecule is CCCCC(N)C1C=Cc2ccccc21. The zero-order valence-electron chi connectivity index (χ0n) is 9.32. The van der Waals surface area contributed by atoms with E-state index in [-0.39, 0.29) is 6.04 Å². The van der Waals surface area contributed by atoms with Crippen LogP contribution in [0.4, 0.5) is 0 Å². The minimum atomic E-state index is 0.282. The van der Waals surface area contributed by atoms with E-state index >= 15 is 0 Å². The normalized spacial score (nSPS) is 20.3. The summed E-state index contributed by atoms with van der Waals surface area (Å²) in [4.78, 5) is 0. The van der Waals surface area contributed by atoms with E-state index in [1.54, 1.807) is 0 Å². The van der Waals surface area contributed by atoms with E-state index in [0.29, 0.717) is 5.92 Å². The van der Waals surface area contributed by atoms with Gasteiger partial charge in [0.2, 0.25) is 0 Å². The molecule has 1 aromatic carbocycles. The van der Waals surface area contributed by atoms with E-state index < -0.39 is 0 Å². The number of hydrogen-bond donors (Lipinski definition) is 1. The first-order valence-electron chi connectivity index (χ1n) is 5.85. The van der Waals surface area contributed by atoms with Gasteiger partial charge < -0.3 is 5.73 Å². The third-order valence-electron chi connectivity index (χ3n) is 3.19. The fourth-order valence-corrected chi connectivity index (χ4v) is 2.27. The van der Waals surface area contributed by atoms with Crippen molar-refractivity contribution in [3.8, 4) is 0 Å². The van der Waals surface area contributed by atoms with E-state index in [0.717, 1.165) is 6.42 Å². The third kappa shape index (κ3) is 2.13. The average molecular weight is 201 g/mol. The Labute approximate surface area is 92.0 Å². The van der Waals surface area contributed by atoms with Crippen LogP contribution in [0, 0.1) is 0 Å². The van der Waals surface area contributed by atoms with Crippen LogP contribution in [0.5, 0.6) is 0 Å². The summed E-state index contributed by atoms with van der Waals surface area (Å²) in [5.74, 6) is 0.438. The third-order valence-corrected chi connectivity index (χ3v) is 3.19. The number of rotatable bonds is 4. The van der Waals surface area contributed by atoms with Crippen molar-refractivity contribution in [2.45, 2.75) is 38.1 Å². The van der Waals surface area contributed by atoms with Crippen molar-refractivity contribution in [2.75, 3.05) is 0 Å². The van der Waals surface area contributed by atoms with Gasteiger partial charge in [0.1, 0.15) is 0 Å². The Bertz CT molecular complexity index is 354. The Hall–Kier alpha value is -1.08. The van der Waals surface area contributed by atoms with Crippen molar-refractivity contribution in [1.29, 1.82) is 0 Å². The first kappa shape index (κ1) is 10.4. The minimum absolute atomic E-state index is 0.282. The summed E-state index contributed by atoms with van der Waals surface area (Å²) in [7, 11) is 0. The first-order chi connectivity index (χ1) is 7.33. The van der Waals surface area contributed by atoms with Gasteiger partial charge in [-0.05, 0) is 17.5 Å². The molecule has 1 heteroatoms. The van der Waals surface area contributed by atoms with Gasteiger partial charge in [0.15, 0.2) is 0 Å². The molecule has 2 atom stereocenters. The van der Waals surface area contributed by atoms with Crippen LogP contribution in [0.15, 0.2) is 30.3 Å². The molecule has 15 heavy (non-hydrogen) atoms. The molecular weight excluding hydrogens is 182 g/mol. The standard InChI is InChI=1S/C14H19N/c1-2-3-8-14(15)13-10-9-11-6-4-5-7-12(11)13/h4-7,9-10,13-14H,2-3,8,15H2,1H3. The monoisotopic (exact) mass is 201 g/mol. The molecule has 2 rings (SSSR count). The van der Waals surface area contributed by atoms with Crippen LogP contribution in [-0.4, -0.2) is 6.04 Å². The Morgan fingerprint density at radius 3 is 2.93 bits per heavy atom. The molecule has 0 bridgehead atoms. The predicted molar refractivity (Wildman–Crippen MR) is 65.7 cm³/mol. The quantitative estimate of drug-likeness (QED) is 0.794. The van der Waals surface area contributed by atoms with Crippen LogP contribution < -0.4 is 5.73 Å². The molecule has 0 radical (unpaired) electrons. The molecule has 0 aliphatic heterocycles. The van der Waals surface area contributed by atoms with Crippen molar-refractivity contribution in [3.63, 3.8) is 0 Å². The highest BCUT2D eigenvalue weighted by Gasteiger charge is 2.22. The number of hydrogen-bond acceptors (Lipinski definition) is 1. The highest BCUT2D eigenvalue weighted by Crippen LogP contribution is 2.32. The zero-order chi connectivity index (χ0) is 10.7. The van der Waals surface area contributed by atoms with E-state index in [4.69, 9.17) is 5.73 Å². The first-order valence-corrected chi connectivity index (χ1v) is 5.85. The maximum atomic E-state index is 6.23. The Morgan fingerprint density at radius 1 is 1.33 bits per heavy atom. The summed E-state index contributed by atoms with van der Waals surface area (Å²) in [6, 6.07) is 8.84. The lowest BCUT2D eigenvalue weighted by atomic mass is 9.91. The number of fused-ring (bicyclic) bond motifs is 1. The molecule has 0 spiro atoms. The highest BCUT2D eigenvalue weighted by molar-refractivity contribution is 5.62. The highest BCUT2D eigenvalue weighted by atomic mass is 14.6. The molecule has 0 fully saturated rings. The molecule has 80 valence electrons. The van der Waals surface area contributed by atoms with Crippen LogP contribution in [-0.2, 0) is 0 Å². The van der Waals surface area contributed by atoms with Gasteiger partial charge in [-0.15, -0.1) is 0 Å². The predicted octanol–water partition coefficient (Wildman–Crippen LogP) is 3.31. The number of benzene rings is 1. The Morgan fingerprint density at radius 2 is 2.13 bits per heavy atom. The van der Waals surface area contributed by atoms with E-state index in [9.17, 15) is 0 Å². The second kappa shape index (κ2) is 4.63. The van der Waals surface area contributed by atoms with Crippen LogP contribution in [0.1, 0.15) is 43.2 Å². The fourth-order valence-electron chi connectivity index (χ4n) is 2.27. The lowest BCUT2D eigenvalue weighted by Crippen LogP contribution is -2.26. The summed E-state index contributed by atoms with van der Waals surface area (Å²) in [6.07, 6.45) is 8.04. The Balaban J connectivity index is 2.10. The average Bonchev–Trinajstić information content (AvgIpc) is 2.69. The summed E-state index contributed by atoms with van der Waals surface area (Å²) in [6.45, 7) is 2.21. The summed E-state index contributed by atoms with van der Waals surface area (Å²) < 4.78 is 0. The summed E-state index contributed by atoms with van der Waals surface area (Å²) >= 11 is 0. The second-order valence-corrected chi connectivity index (χ2v) is 4.32. The summed E-state index contributed by atoms with van der Waals surface area (Å²) in [5.41, 5.74) is 8.97. The van der Waals surface area contributed by atoms with Gasteiger partial charge in [0.25, 0.3) is 0 Å². The van der Waals surface area contributed by atoms with Crippen LogP contribution in [0.25, 0.3) is 6.08 Å². The topological polar surface area (TPSA) is 26.0 Å². The maximum Gasteiger partial charge on any atom is 0.0179 e. The van der Waals surface area contributed by atoms with E-state index in [2.05, 4.69) is 43.3 Å². The van der Waals surface area contributed by atoms with Gasteiger partial charge in [-0.25, -0.2) is 0 Å². The fraction of sp³-hybridized carbons (Fsp3) is 0.429. The molecule has 1 aliphatic carbocycles. The van der Waals surface area contributed by atoms with Gasteiger partial charge in [-0.2, -0.15) is 0 Å². The van der Waals surface area contributed by atoms with E-state index in [1.807, 2.05) is 0 Å². The minimum Gasteiger partial charge on any atom is -0.327 e. The molecule has 1 aromatic rings. The van der Waals surface area contributed by atoms with Gasteiger partial charge in [0.05, 0.1) is 0 Å². The molecule has 0 saturated heterocycles. The molecule has 0 aromatic heterocycles. The second-order valence-electron chi connectivity index (χ2n) is 4.32. The smallest absolute Gasteiger partial charge is 0.0179 e. The van der Waals surface area contributed by atoms with Crippen LogP contribution >= 0.6 is 0 Å². The number of unbranched alkanes of at least 4 members (excludes halogenated alkanes) is 1. The lowest BCUT2D eigenvalue weighted by molar-refractivity contribution is 0.538. The zero-order valence-corrected chi connectivity index (χ0v) is 9.32. The van der Waals surface area contributed by atoms with Crippen molar-refractivity contribution >= 4 is 6.08 Å². The molecule has 0 heterocycles. The molecule has 0 saturated carbocycles. The molecule has 2 unspecified atom stereocenters. The maximum absolute atomic E-state index is 6.23. The van der Waals surface area contributed by atoms with Crippen molar-refractivity contribution in [2.24, 2.45) is 5.73 Å². The van der Waals surface area contributed by atoms with Crippen molar-refractivity contribution in [3.05, 3.63) is 41.5 Å². The number of nitrogens with two attached hydrogens (primary N) is 1. The molecule has 1 nitrogen and oxygen atoms in total. The van der Waals surface area contributed by atoms with Crippen LogP contribution in [0.3, 0.4) is 0 Å². The van der Waals surface area contributed by atoms with Gasteiger partial charge >= 0.3 is 0 Å². The lowest BCUT2D eigenvalue weighted by Gasteiger charge is -2.19. The summed E-state index contributed by atoms with van der Waals surface area (Å²) in [5, 5.41) is 0. The van der Waals surface area contributed by atoms with Gasteiger partial charge in [-0.1, -0.05) is 56.2 Å². The largest absolute Gasteiger partial charge is 0.327 e. The molecule has 1 aliphatic rings.